The van der Waals surface area contributed by atoms with E-state index >= 15 is 0 Å². The zero-order chi connectivity index (χ0) is 23.7. The molecule has 0 unspecified atom stereocenters. The quantitative estimate of drug-likeness (QED) is 0.400. The molecule has 5 rings (SSSR count). The van der Waals surface area contributed by atoms with Crippen molar-refractivity contribution in [1.82, 2.24) is 19.8 Å². The van der Waals surface area contributed by atoms with Gasteiger partial charge in [-0.15, -0.1) is 0 Å². The van der Waals surface area contributed by atoms with Crippen LogP contribution in [0.2, 0.25) is 5.02 Å². The van der Waals surface area contributed by atoms with Gasteiger partial charge in [0.05, 0.1) is 48.6 Å². The van der Waals surface area contributed by atoms with E-state index in [9.17, 15) is 9.18 Å². The van der Waals surface area contributed by atoms with Gasteiger partial charge in [0.15, 0.2) is 5.65 Å². The fourth-order valence-electron chi connectivity index (χ4n) is 3.82. The molecule has 1 aliphatic carbocycles. The van der Waals surface area contributed by atoms with Crippen molar-refractivity contribution in [3.8, 4) is 0 Å². The molecule has 1 saturated carbocycles. The maximum absolute atomic E-state index is 14.6. The van der Waals surface area contributed by atoms with Crippen molar-refractivity contribution < 1.29 is 18.8 Å². The molecule has 1 amide bonds. The minimum Gasteiger partial charge on any atom is -0.379 e. The van der Waals surface area contributed by atoms with Crippen LogP contribution in [0.1, 0.15) is 28.9 Å². The average molecular weight is 553 g/mol. The predicted molar refractivity (Wildman–Crippen MR) is 130 cm³/mol. The zero-order valence-electron chi connectivity index (χ0n) is 18.3. The van der Waals surface area contributed by atoms with Gasteiger partial charge in [-0.25, -0.2) is 14.9 Å². The van der Waals surface area contributed by atoms with E-state index in [-0.39, 0.29) is 22.0 Å². The van der Waals surface area contributed by atoms with E-state index in [2.05, 4.69) is 36.6 Å². The molecule has 2 aliphatic rings. The van der Waals surface area contributed by atoms with Crippen LogP contribution in [-0.2, 0) is 16.1 Å². The molecule has 34 heavy (non-hydrogen) atoms. The normalized spacial score (nSPS) is 16.7. The summed E-state index contributed by atoms with van der Waals surface area (Å²) in [5.41, 5.74) is 4.52. The Morgan fingerprint density at radius 1 is 1.32 bits per heavy atom. The Bertz CT molecular complexity index is 1210. The van der Waals surface area contributed by atoms with E-state index in [1.54, 1.807) is 28.9 Å². The molecule has 1 aromatic carbocycles. The molecule has 0 bridgehead atoms. The van der Waals surface area contributed by atoms with Crippen LogP contribution in [-0.4, -0.2) is 53.1 Å². The lowest BCUT2D eigenvalue weighted by Crippen LogP contribution is -2.36. The number of morpholine rings is 1. The third-order valence-corrected chi connectivity index (χ3v) is 6.77. The Morgan fingerprint density at radius 2 is 2.12 bits per heavy atom. The minimum atomic E-state index is -0.488. The summed E-state index contributed by atoms with van der Waals surface area (Å²) in [6.45, 7) is 4.07. The van der Waals surface area contributed by atoms with Gasteiger partial charge in [-0.3, -0.25) is 14.5 Å². The molecule has 0 radical (unpaired) electrons. The number of aromatic nitrogens is 2. The van der Waals surface area contributed by atoms with Crippen molar-refractivity contribution in [2.45, 2.75) is 19.4 Å². The Morgan fingerprint density at radius 3 is 2.85 bits per heavy atom. The number of nitrogens with zero attached hydrogens (tertiary/aromatic N) is 3. The smallest absolute Gasteiger partial charge is 0.278 e. The van der Waals surface area contributed by atoms with Gasteiger partial charge in [-0.2, -0.15) is 0 Å². The van der Waals surface area contributed by atoms with Crippen LogP contribution in [0.25, 0.3) is 5.65 Å². The van der Waals surface area contributed by atoms with E-state index in [0.29, 0.717) is 42.4 Å². The van der Waals surface area contributed by atoms with E-state index in [4.69, 9.17) is 21.2 Å². The van der Waals surface area contributed by atoms with Gasteiger partial charge in [0.1, 0.15) is 10.8 Å². The number of amides is 1. The van der Waals surface area contributed by atoms with Crippen molar-refractivity contribution in [1.29, 1.82) is 0 Å². The van der Waals surface area contributed by atoms with E-state index in [1.807, 2.05) is 0 Å². The molecule has 180 valence electrons. The van der Waals surface area contributed by atoms with Crippen LogP contribution in [0.15, 0.2) is 35.1 Å². The molecule has 11 heteroatoms. The number of fused-ring (bicyclic) bond motifs is 1. The number of imidazole rings is 1. The fraction of sp³-hybridized carbons (Fsp3) is 0.391. The Labute approximate surface area is 209 Å². The first-order valence-electron chi connectivity index (χ1n) is 11.1. The topological polar surface area (TPSA) is 80.1 Å². The summed E-state index contributed by atoms with van der Waals surface area (Å²) < 4.78 is 22.4. The van der Waals surface area contributed by atoms with Gasteiger partial charge in [-0.1, -0.05) is 27.5 Å². The van der Waals surface area contributed by atoms with Gasteiger partial charge in [0.2, 0.25) is 0 Å². The minimum absolute atomic E-state index is 0.183. The van der Waals surface area contributed by atoms with Gasteiger partial charge in [0, 0.05) is 30.3 Å². The first kappa shape index (κ1) is 23.5. The van der Waals surface area contributed by atoms with Crippen molar-refractivity contribution in [2.75, 3.05) is 38.2 Å². The first-order valence-corrected chi connectivity index (χ1v) is 12.3. The second-order valence-corrected chi connectivity index (χ2v) is 9.79. The lowest BCUT2D eigenvalue weighted by Gasteiger charge is -2.26. The molecule has 3 heterocycles. The molecule has 1 aliphatic heterocycles. The summed E-state index contributed by atoms with van der Waals surface area (Å²) in [4.78, 5) is 25.3. The molecule has 2 fully saturated rings. The standard InChI is InChI=1S/C23H24BrClFN5O3/c24-15-3-4-19(18(26)9-15)28-21-17(23(32)29-34-13-14-1-2-14)12-31-16(10-27-22(31)20(21)25)11-30-5-7-33-8-6-30/h3-4,9-10,12,14,28H,1-2,5-8,11,13H2,(H,29,32). The highest BCUT2D eigenvalue weighted by molar-refractivity contribution is 9.10. The van der Waals surface area contributed by atoms with Crippen LogP contribution in [0.4, 0.5) is 15.8 Å². The summed E-state index contributed by atoms with van der Waals surface area (Å²) in [5.74, 6) is -0.483. The highest BCUT2D eigenvalue weighted by Crippen LogP contribution is 2.35. The van der Waals surface area contributed by atoms with Gasteiger partial charge >= 0.3 is 0 Å². The summed E-state index contributed by atoms with van der Waals surface area (Å²) in [6.07, 6.45) is 5.61. The Balaban J connectivity index is 1.50. The molecular formula is C23H24BrClFN5O3. The number of anilines is 2. The molecule has 0 atom stereocenters. The van der Waals surface area contributed by atoms with E-state index in [0.717, 1.165) is 31.6 Å². The van der Waals surface area contributed by atoms with Crippen molar-refractivity contribution in [3.05, 3.63) is 57.2 Å². The number of rotatable bonds is 8. The van der Waals surface area contributed by atoms with Gasteiger partial charge in [-0.05, 0) is 37.0 Å². The number of hydrogen-bond acceptors (Lipinski definition) is 6. The molecule has 1 saturated heterocycles. The summed E-state index contributed by atoms with van der Waals surface area (Å²) in [5, 5.41) is 3.20. The first-order chi connectivity index (χ1) is 16.5. The van der Waals surface area contributed by atoms with Crippen LogP contribution in [0, 0.1) is 11.7 Å². The monoisotopic (exact) mass is 551 g/mol. The zero-order valence-corrected chi connectivity index (χ0v) is 20.7. The fourth-order valence-corrected chi connectivity index (χ4v) is 4.44. The summed E-state index contributed by atoms with van der Waals surface area (Å²) in [6, 6.07) is 4.61. The highest BCUT2D eigenvalue weighted by atomic mass is 79.9. The number of hydrogen-bond donors (Lipinski definition) is 2. The number of carbonyl (C=O) groups is 1. The number of hydroxylamine groups is 1. The molecule has 8 nitrogen and oxygen atoms in total. The molecule has 3 aromatic rings. The SMILES string of the molecule is O=C(NOCC1CC1)c1cn2c(CN3CCOCC3)cnc2c(Cl)c1Nc1ccc(Br)cc1F. The lowest BCUT2D eigenvalue weighted by molar-refractivity contribution is 0.0270. The average Bonchev–Trinajstić information content (AvgIpc) is 3.57. The number of pyridine rings is 1. The second kappa shape index (κ2) is 10.2. The van der Waals surface area contributed by atoms with Crippen LogP contribution in [0.5, 0.6) is 0 Å². The Hall–Kier alpha value is -2.24. The van der Waals surface area contributed by atoms with Crippen LogP contribution < -0.4 is 10.8 Å². The van der Waals surface area contributed by atoms with Crippen molar-refractivity contribution >= 4 is 50.5 Å². The third-order valence-electron chi connectivity index (χ3n) is 5.92. The van der Waals surface area contributed by atoms with Gasteiger partial charge < -0.3 is 14.5 Å². The maximum Gasteiger partial charge on any atom is 0.278 e. The predicted octanol–water partition coefficient (Wildman–Crippen LogP) is 4.54. The number of carbonyl (C=O) groups excluding carboxylic acids is 1. The molecule has 2 aromatic heterocycles. The number of nitrogens with one attached hydrogen (secondary N) is 2. The third kappa shape index (κ3) is 5.21. The van der Waals surface area contributed by atoms with E-state index in [1.165, 1.54) is 6.07 Å². The van der Waals surface area contributed by atoms with Gasteiger partial charge in [0.25, 0.3) is 5.91 Å². The Kier molecular flexibility index (Phi) is 7.03. The second-order valence-electron chi connectivity index (χ2n) is 8.50. The number of benzene rings is 1. The van der Waals surface area contributed by atoms with Crippen LogP contribution >= 0.6 is 27.5 Å². The molecule has 0 spiro atoms. The lowest BCUT2D eigenvalue weighted by atomic mass is 10.2. The van der Waals surface area contributed by atoms with Crippen molar-refractivity contribution in [3.63, 3.8) is 0 Å². The van der Waals surface area contributed by atoms with E-state index < -0.39 is 11.7 Å². The summed E-state index contributed by atoms with van der Waals surface area (Å²) >= 11 is 10.00. The van der Waals surface area contributed by atoms with Crippen LogP contribution in [0.3, 0.4) is 0 Å². The van der Waals surface area contributed by atoms with Crippen molar-refractivity contribution in [2.24, 2.45) is 5.92 Å². The maximum atomic E-state index is 14.6. The summed E-state index contributed by atoms with van der Waals surface area (Å²) in [7, 11) is 0. The molecule has 2 N–H and O–H groups in total. The number of halogens is 3. The largest absolute Gasteiger partial charge is 0.379 e. The molecular weight excluding hydrogens is 529 g/mol. The number of ether oxygens (including phenoxy) is 1. The highest BCUT2D eigenvalue weighted by Gasteiger charge is 2.25.